The van der Waals surface area contributed by atoms with E-state index >= 15 is 0 Å². The molecule has 0 saturated heterocycles. The summed E-state index contributed by atoms with van der Waals surface area (Å²) < 4.78 is 52.4. The van der Waals surface area contributed by atoms with E-state index in [9.17, 15) is 31.7 Å². The number of ether oxygens (including phenoxy) is 1. The van der Waals surface area contributed by atoms with Crippen LogP contribution in [0, 0.1) is 10.1 Å². The number of amides is 1. The molecule has 11 nitrogen and oxygen atoms in total. The second-order valence-electron chi connectivity index (χ2n) is 4.98. The van der Waals surface area contributed by atoms with Crippen LogP contribution in [0.2, 0.25) is 0 Å². The van der Waals surface area contributed by atoms with Crippen LogP contribution in [-0.4, -0.2) is 61.6 Å². The molecule has 0 aliphatic heterocycles. The monoisotopic (exact) mass is 429 g/mol. The van der Waals surface area contributed by atoms with Crippen LogP contribution in [-0.2, 0) is 31.4 Å². The summed E-state index contributed by atoms with van der Waals surface area (Å²) in [6.45, 7) is -0.901. The van der Waals surface area contributed by atoms with Gasteiger partial charge >= 0.3 is 6.09 Å². The highest BCUT2D eigenvalue weighted by molar-refractivity contribution is 7.91. The van der Waals surface area contributed by atoms with Crippen LogP contribution in [0.25, 0.3) is 0 Å². The van der Waals surface area contributed by atoms with E-state index in [1.807, 2.05) is 0 Å². The molecule has 14 heteroatoms. The smallest absolute Gasteiger partial charge is 0.440 e. The van der Waals surface area contributed by atoms with Crippen molar-refractivity contribution in [3.05, 3.63) is 39.9 Å². The summed E-state index contributed by atoms with van der Waals surface area (Å²) >= 11 is 5.48. The lowest BCUT2D eigenvalue weighted by Crippen LogP contribution is -2.52. The van der Waals surface area contributed by atoms with Crippen molar-refractivity contribution in [3.8, 4) is 0 Å². The van der Waals surface area contributed by atoms with Crippen LogP contribution in [0.4, 0.5) is 10.5 Å². The van der Waals surface area contributed by atoms with Crippen molar-refractivity contribution >= 4 is 43.4 Å². The Morgan fingerprint density at radius 3 is 2.08 bits per heavy atom. The Kier molecular flexibility index (Phi) is 7.32. The van der Waals surface area contributed by atoms with Crippen LogP contribution in [0.5, 0.6) is 0 Å². The molecule has 0 radical (unpaired) electrons. The van der Waals surface area contributed by atoms with Gasteiger partial charge in [-0.2, -0.15) is 0 Å². The summed E-state index contributed by atoms with van der Waals surface area (Å²) in [6, 6.07) is 4.97. The van der Waals surface area contributed by atoms with Gasteiger partial charge in [-0.15, -0.1) is 16.0 Å². The summed E-state index contributed by atoms with van der Waals surface area (Å²) in [5.74, 6) is -0.269. The van der Waals surface area contributed by atoms with E-state index in [4.69, 9.17) is 16.3 Å². The first-order valence-corrected chi connectivity index (χ1v) is 11.0. The van der Waals surface area contributed by atoms with Crippen LogP contribution in [0.1, 0.15) is 5.56 Å². The second-order valence-corrected chi connectivity index (χ2v) is 9.06. The number of rotatable bonds is 8. The molecule has 0 bridgehead atoms. The van der Waals surface area contributed by atoms with Crippen LogP contribution in [0.15, 0.2) is 24.3 Å². The van der Waals surface area contributed by atoms with Gasteiger partial charge < -0.3 is 4.74 Å². The summed E-state index contributed by atoms with van der Waals surface area (Å²) in [5.41, 5.74) is 0.156. The van der Waals surface area contributed by atoms with Gasteiger partial charge in [-0.1, -0.05) is 4.41 Å². The molecule has 0 saturated carbocycles. The molecular weight excluding hydrogens is 414 g/mol. The second kappa shape index (κ2) is 8.62. The Hall–Kier alpha value is -1.96. The van der Waals surface area contributed by atoms with E-state index in [0.29, 0.717) is 18.1 Å². The number of carbonyl (C=O) groups excluding carboxylic acids is 1. The Morgan fingerprint density at radius 1 is 1.15 bits per heavy atom. The third-order valence-corrected chi connectivity index (χ3v) is 5.20. The quantitative estimate of drug-likeness (QED) is 0.336. The first-order chi connectivity index (χ1) is 11.9. The number of hydrogen-bond donors (Lipinski definition) is 0. The molecule has 0 fully saturated rings. The Morgan fingerprint density at radius 2 is 1.69 bits per heavy atom. The van der Waals surface area contributed by atoms with Crippen LogP contribution < -0.4 is 0 Å². The fourth-order valence-corrected chi connectivity index (χ4v) is 4.25. The minimum Gasteiger partial charge on any atom is -0.443 e. The van der Waals surface area contributed by atoms with E-state index in [-0.39, 0.29) is 20.4 Å². The van der Waals surface area contributed by atoms with Gasteiger partial charge in [0.15, 0.2) is 0 Å². The first kappa shape index (κ1) is 22.1. The lowest BCUT2D eigenvalue weighted by Gasteiger charge is -2.29. The molecule has 0 heterocycles. The van der Waals surface area contributed by atoms with Crippen molar-refractivity contribution in [2.45, 2.75) is 6.61 Å². The molecule has 146 valence electrons. The summed E-state index contributed by atoms with van der Waals surface area (Å²) in [4.78, 5) is 22.1. The van der Waals surface area contributed by atoms with E-state index in [2.05, 4.69) is 0 Å². The zero-order chi connectivity index (χ0) is 20.1. The van der Waals surface area contributed by atoms with Crippen molar-refractivity contribution in [2.24, 2.45) is 0 Å². The summed E-state index contributed by atoms with van der Waals surface area (Å²) in [5, 5.41) is 10.6. The van der Waals surface area contributed by atoms with Gasteiger partial charge in [0.25, 0.3) is 15.7 Å². The molecule has 0 aliphatic carbocycles. The number of non-ortho nitro benzene ring substituents is 1. The van der Waals surface area contributed by atoms with Gasteiger partial charge in [-0.3, -0.25) is 10.1 Å². The first-order valence-electron chi connectivity index (χ1n) is 6.82. The maximum absolute atomic E-state index is 12.2. The van der Waals surface area contributed by atoms with Gasteiger partial charge in [-0.25, -0.2) is 21.6 Å². The summed E-state index contributed by atoms with van der Waals surface area (Å²) in [6.07, 6.45) is -0.116. The number of nitro groups is 1. The van der Waals surface area contributed by atoms with E-state index in [0.717, 1.165) is 0 Å². The number of alkyl halides is 1. The molecule has 1 amide bonds. The molecule has 0 N–H and O–H groups in total. The molecule has 0 aromatic heterocycles. The fraction of sp³-hybridized carbons (Fsp3) is 0.417. The normalized spacial score (nSPS) is 12.0. The molecule has 1 rings (SSSR count). The summed E-state index contributed by atoms with van der Waals surface area (Å²) in [7, 11) is -8.47. The molecule has 1 aromatic rings. The molecule has 1 aromatic carbocycles. The van der Waals surface area contributed by atoms with Crippen LogP contribution >= 0.6 is 11.6 Å². The third kappa shape index (κ3) is 6.09. The van der Waals surface area contributed by atoms with Gasteiger partial charge in [0, 0.05) is 24.6 Å². The molecule has 0 unspecified atom stereocenters. The number of hydrogen-bond acceptors (Lipinski definition) is 8. The van der Waals surface area contributed by atoms with Crippen LogP contribution in [0.3, 0.4) is 0 Å². The number of sulfonamides is 2. The predicted octanol–water partition coefficient (Wildman–Crippen LogP) is 0.908. The number of hydrazine groups is 1. The number of nitrogens with zero attached hydrogens (tertiary/aromatic N) is 3. The van der Waals surface area contributed by atoms with Crippen molar-refractivity contribution in [1.82, 2.24) is 8.83 Å². The van der Waals surface area contributed by atoms with Crippen molar-refractivity contribution in [2.75, 3.05) is 24.9 Å². The SMILES string of the molecule is CS(=O)(=O)N(CCCl)N(C(=O)OCc1ccc([N+](=O)[O-])cc1)S(C)(=O)=O. The molecule has 0 spiro atoms. The third-order valence-electron chi connectivity index (χ3n) is 2.84. The van der Waals surface area contributed by atoms with E-state index in [1.54, 1.807) is 0 Å². The lowest BCUT2D eigenvalue weighted by molar-refractivity contribution is -0.384. The van der Waals surface area contributed by atoms with Crippen molar-refractivity contribution < 1.29 is 31.3 Å². The predicted molar refractivity (Wildman–Crippen MR) is 92.2 cm³/mol. The van der Waals surface area contributed by atoms with Gasteiger partial charge in [-0.05, 0) is 17.7 Å². The zero-order valence-corrected chi connectivity index (χ0v) is 16.1. The Balaban J connectivity index is 3.02. The maximum Gasteiger partial charge on any atom is 0.440 e. The number of halogens is 1. The topological polar surface area (TPSA) is 144 Å². The lowest BCUT2D eigenvalue weighted by atomic mass is 10.2. The van der Waals surface area contributed by atoms with Gasteiger partial charge in [0.2, 0.25) is 10.0 Å². The zero-order valence-electron chi connectivity index (χ0n) is 13.7. The number of nitro benzene ring substituents is 1. The molecular formula is C12H16ClN3O8S2. The average Bonchev–Trinajstić information content (AvgIpc) is 2.50. The van der Waals surface area contributed by atoms with Crippen molar-refractivity contribution in [3.63, 3.8) is 0 Å². The fourth-order valence-electron chi connectivity index (χ4n) is 1.77. The van der Waals surface area contributed by atoms with E-state index in [1.165, 1.54) is 24.3 Å². The minimum absolute atomic E-state index is 0.0316. The Labute approximate surface area is 155 Å². The maximum atomic E-state index is 12.2. The van der Waals surface area contributed by atoms with Gasteiger partial charge in [0.1, 0.15) is 6.61 Å². The Bertz CT molecular complexity index is 870. The highest BCUT2D eigenvalue weighted by atomic mass is 35.5. The number of carbonyl (C=O) groups is 1. The largest absolute Gasteiger partial charge is 0.443 e. The standard InChI is InChI=1S/C12H16ClN3O8S2/c1-25(20,21)14(8-7-13)15(26(2,22)23)12(17)24-9-10-3-5-11(6-4-10)16(18)19/h3-6H,7-9H2,1-2H3. The average molecular weight is 430 g/mol. The highest BCUT2D eigenvalue weighted by Gasteiger charge is 2.36. The highest BCUT2D eigenvalue weighted by Crippen LogP contribution is 2.16. The minimum atomic E-state index is -4.33. The number of benzene rings is 1. The molecule has 26 heavy (non-hydrogen) atoms. The molecule has 0 atom stereocenters. The van der Waals surface area contributed by atoms with Crippen molar-refractivity contribution in [1.29, 1.82) is 0 Å². The van der Waals surface area contributed by atoms with E-state index < -0.39 is 44.2 Å². The van der Waals surface area contributed by atoms with Gasteiger partial charge in [0.05, 0.1) is 17.4 Å². The molecule has 0 aliphatic rings.